The fraction of sp³-hybridized carbons (Fsp3) is 0.452. The number of thiazole rings is 1. The van der Waals surface area contributed by atoms with Gasteiger partial charge < -0.3 is 28.9 Å². The van der Waals surface area contributed by atoms with Gasteiger partial charge in [0.05, 0.1) is 24.6 Å². The molecule has 2 aliphatic heterocycles. The number of benzene rings is 2. The molecule has 44 heavy (non-hydrogen) atoms. The summed E-state index contributed by atoms with van der Waals surface area (Å²) < 4.78 is 18.7. The van der Waals surface area contributed by atoms with E-state index in [1.807, 2.05) is 42.6 Å². The van der Waals surface area contributed by atoms with Crippen LogP contribution in [0.2, 0.25) is 18.1 Å². The molecule has 5 atom stereocenters. The lowest BCUT2D eigenvalue weighted by atomic mass is 9.78. The van der Waals surface area contributed by atoms with E-state index in [2.05, 4.69) is 49.1 Å². The summed E-state index contributed by atoms with van der Waals surface area (Å²) in [5.74, 6) is -0.259. The number of carbonyl (C=O) groups is 2. The van der Waals surface area contributed by atoms with Crippen LogP contribution in [0.15, 0.2) is 59.2 Å². The number of β-lactam (4-membered cyclic amide) rings is 1. The molecule has 2 aromatic carbocycles. The third-order valence-electron chi connectivity index (χ3n) is 9.29. The van der Waals surface area contributed by atoms with Crippen LogP contribution in [0.3, 0.4) is 0 Å². The van der Waals surface area contributed by atoms with E-state index in [1.165, 1.54) is 0 Å². The van der Waals surface area contributed by atoms with Gasteiger partial charge in [-0.05, 0) is 37.2 Å². The molecule has 0 bridgehead atoms. The van der Waals surface area contributed by atoms with Crippen LogP contribution in [0.5, 0.6) is 5.75 Å². The Morgan fingerprint density at radius 2 is 1.89 bits per heavy atom. The third kappa shape index (κ3) is 6.20. The summed E-state index contributed by atoms with van der Waals surface area (Å²) in [4.78, 5) is 36.0. The summed E-state index contributed by atoms with van der Waals surface area (Å²) in [7, 11) is -0.408. The van der Waals surface area contributed by atoms with E-state index in [0.29, 0.717) is 18.0 Å². The first-order chi connectivity index (χ1) is 21.3. The van der Waals surface area contributed by atoms with E-state index in [4.69, 9.17) is 13.7 Å². The SMILES string of the molecule is BNPOC(=O)C1=C(COc2cccc3c(NCc4nccs4)cccc23)[C@H](C)[C@@H]2[C@@H]([C@@H](C)O[Si](CC)(CC)CC)C(=O)N12. The minimum atomic E-state index is -1.92. The van der Waals surface area contributed by atoms with E-state index >= 15 is 0 Å². The summed E-state index contributed by atoms with van der Waals surface area (Å²) >= 11 is 1.61. The molecule has 1 amide bonds. The molecule has 0 aliphatic carbocycles. The molecule has 2 N–H and O–H groups in total. The molecule has 0 spiro atoms. The fourth-order valence-electron chi connectivity index (χ4n) is 6.65. The predicted molar refractivity (Wildman–Crippen MR) is 183 cm³/mol. The second-order valence-corrected chi connectivity index (χ2v) is 18.0. The van der Waals surface area contributed by atoms with Gasteiger partial charge in [0.15, 0.2) is 16.3 Å². The molecule has 0 radical (unpaired) electrons. The lowest BCUT2D eigenvalue weighted by Crippen LogP contribution is -2.65. The van der Waals surface area contributed by atoms with Crippen molar-refractivity contribution >= 4 is 64.9 Å². The highest BCUT2D eigenvalue weighted by Crippen LogP contribution is 2.49. The summed E-state index contributed by atoms with van der Waals surface area (Å²) in [5, 5.41) is 8.47. The van der Waals surface area contributed by atoms with Crippen LogP contribution < -0.4 is 15.1 Å². The fourth-order valence-corrected chi connectivity index (χ4v) is 10.4. The Balaban J connectivity index is 1.39. The summed E-state index contributed by atoms with van der Waals surface area (Å²) in [5.41, 5.74) is 2.09. The first kappa shape index (κ1) is 32.6. The van der Waals surface area contributed by atoms with Crippen molar-refractivity contribution in [3.8, 4) is 5.75 Å². The average Bonchev–Trinajstić information content (AvgIpc) is 3.65. The van der Waals surface area contributed by atoms with Crippen molar-refractivity contribution < 1.29 is 23.3 Å². The van der Waals surface area contributed by atoms with Crippen LogP contribution in [0.4, 0.5) is 5.69 Å². The van der Waals surface area contributed by atoms with E-state index in [-0.39, 0.29) is 45.5 Å². The molecule has 5 rings (SSSR count). The minimum Gasteiger partial charge on any atom is -0.488 e. The van der Waals surface area contributed by atoms with Gasteiger partial charge in [0, 0.05) is 39.5 Å². The van der Waals surface area contributed by atoms with Crippen molar-refractivity contribution in [2.24, 2.45) is 11.8 Å². The normalized spacial score (nSPS) is 20.7. The molecule has 2 aliphatic rings. The molecule has 0 saturated carbocycles. The number of amides is 1. The van der Waals surface area contributed by atoms with Crippen LogP contribution in [0.25, 0.3) is 10.8 Å². The molecule has 1 aromatic heterocycles. The summed E-state index contributed by atoms with van der Waals surface area (Å²) in [6.45, 7) is 11.5. The van der Waals surface area contributed by atoms with Gasteiger partial charge in [0.25, 0.3) is 0 Å². The van der Waals surface area contributed by atoms with Crippen LogP contribution in [0.1, 0.15) is 39.6 Å². The van der Waals surface area contributed by atoms with Gasteiger partial charge in [-0.15, -0.1) is 11.3 Å². The van der Waals surface area contributed by atoms with Gasteiger partial charge in [0.1, 0.15) is 32.0 Å². The number of nitrogens with one attached hydrogen (secondary N) is 2. The van der Waals surface area contributed by atoms with E-state index in [9.17, 15) is 9.59 Å². The van der Waals surface area contributed by atoms with Gasteiger partial charge >= 0.3 is 5.97 Å². The molecular formula is C31H42BN4O5PSSi. The molecule has 1 saturated heterocycles. The predicted octanol–water partition coefficient (Wildman–Crippen LogP) is 5.62. The number of hydrogen-bond acceptors (Lipinski definition) is 9. The molecule has 234 valence electrons. The highest BCUT2D eigenvalue weighted by Gasteiger charge is 2.61. The maximum atomic E-state index is 13.7. The van der Waals surface area contributed by atoms with Crippen molar-refractivity contribution in [3.05, 3.63) is 64.3 Å². The molecule has 3 aromatic rings. The Kier molecular flexibility index (Phi) is 10.5. The Hall–Kier alpha value is -2.76. The number of carbonyl (C=O) groups excluding carboxylic acids is 2. The van der Waals surface area contributed by atoms with Crippen LogP contribution in [-0.2, 0) is 25.1 Å². The molecule has 1 fully saturated rings. The standard InChI is InChI=1S/C31H42BN4O5PSSi/c1-6-44(7-2,8-3)41-20(5)27-28-19(4)23(29(36(28)30(27)37)31(38)40-42-35-32)18-39-25-14-10-11-21-22(25)12-9-13-24(21)34-17-26-33-15-16-43-26/h9-16,19-20,27-28,34-35,42H,6-8,17-18,32H2,1-5H3/t19-,20+,27+,28+/m0/s1. The molecule has 1 unspecified atom stereocenters. The van der Waals surface area contributed by atoms with E-state index < -0.39 is 14.3 Å². The smallest absolute Gasteiger partial charge is 0.358 e. The van der Waals surface area contributed by atoms with Gasteiger partial charge in [0.2, 0.25) is 5.91 Å². The van der Waals surface area contributed by atoms with Crippen molar-refractivity contribution in [1.82, 2.24) is 14.9 Å². The zero-order chi connectivity index (χ0) is 31.4. The summed E-state index contributed by atoms with van der Waals surface area (Å²) in [6, 6.07) is 14.9. The number of aromatic nitrogens is 1. The molecule has 13 heteroatoms. The van der Waals surface area contributed by atoms with E-state index in [1.54, 1.807) is 30.4 Å². The lowest BCUT2D eigenvalue weighted by molar-refractivity contribution is -0.161. The molecular weight excluding hydrogens is 610 g/mol. The molecule has 3 heterocycles. The second kappa shape index (κ2) is 14.1. The zero-order valence-corrected chi connectivity index (χ0v) is 29.1. The van der Waals surface area contributed by atoms with Crippen molar-refractivity contribution in [1.29, 1.82) is 0 Å². The first-order valence-electron chi connectivity index (χ1n) is 15.4. The zero-order valence-electron chi connectivity index (χ0n) is 26.3. The van der Waals surface area contributed by atoms with Crippen LogP contribution in [-0.4, -0.2) is 56.8 Å². The second-order valence-electron chi connectivity index (χ2n) is 11.4. The Morgan fingerprint density at radius 1 is 1.16 bits per heavy atom. The Labute approximate surface area is 267 Å². The monoisotopic (exact) mass is 652 g/mol. The number of anilines is 1. The number of nitrogens with zero attached hydrogens (tertiary/aromatic N) is 2. The van der Waals surface area contributed by atoms with Gasteiger partial charge in [-0.1, -0.05) is 52.0 Å². The maximum Gasteiger partial charge on any atom is 0.358 e. The van der Waals surface area contributed by atoms with Gasteiger partial charge in [-0.2, -0.15) is 0 Å². The number of hydrogen-bond donors (Lipinski definition) is 2. The van der Waals surface area contributed by atoms with Gasteiger partial charge in [-0.3, -0.25) is 4.79 Å². The topological polar surface area (TPSA) is 102 Å². The number of ether oxygens (including phenoxy) is 1. The highest BCUT2D eigenvalue weighted by atomic mass is 32.1. The van der Waals surface area contributed by atoms with Crippen LogP contribution >= 0.6 is 20.3 Å². The largest absolute Gasteiger partial charge is 0.488 e. The van der Waals surface area contributed by atoms with Crippen LogP contribution in [0, 0.1) is 11.8 Å². The average molecular weight is 653 g/mol. The maximum absolute atomic E-state index is 13.7. The highest BCUT2D eigenvalue weighted by molar-refractivity contribution is 7.32. The Morgan fingerprint density at radius 3 is 2.57 bits per heavy atom. The van der Waals surface area contributed by atoms with Crippen molar-refractivity contribution in [3.63, 3.8) is 0 Å². The van der Waals surface area contributed by atoms with Crippen molar-refractivity contribution in [2.75, 3.05) is 11.9 Å². The minimum absolute atomic E-state index is 0.0728. The van der Waals surface area contributed by atoms with Gasteiger partial charge in [-0.25, -0.2) is 9.78 Å². The Bertz CT molecular complexity index is 1510. The van der Waals surface area contributed by atoms with Crippen molar-refractivity contribution in [2.45, 2.75) is 71.4 Å². The molecule has 9 nitrogen and oxygen atoms in total. The lowest BCUT2D eigenvalue weighted by Gasteiger charge is -2.49. The summed E-state index contributed by atoms with van der Waals surface area (Å²) in [6.07, 6.45) is 1.59. The number of fused-ring (bicyclic) bond motifs is 2. The quantitative estimate of drug-likeness (QED) is 0.124. The first-order valence-corrected chi connectivity index (χ1v) is 19.7. The third-order valence-corrected chi connectivity index (χ3v) is 15.3. The number of rotatable bonds is 15. The van der Waals surface area contributed by atoms with E-state index in [0.717, 1.165) is 45.2 Å².